The summed E-state index contributed by atoms with van der Waals surface area (Å²) in [5.41, 5.74) is 0.911. The number of urea groups is 1. The molecular formula is C23H32N4O5S. The highest BCUT2D eigenvalue weighted by Gasteiger charge is 2.38. The number of hydrogen-bond acceptors (Lipinski definition) is 5. The average Bonchev–Trinajstić information content (AvgIpc) is 3.00. The quantitative estimate of drug-likeness (QED) is 0.606. The number of hydrogen-bond donors (Lipinski definition) is 2. The fourth-order valence-electron chi connectivity index (χ4n) is 4.94. The van der Waals surface area contributed by atoms with E-state index in [-0.39, 0.29) is 17.7 Å². The maximum absolute atomic E-state index is 12.9. The molecule has 2 N–H and O–H groups in total. The third-order valence-corrected chi connectivity index (χ3v) is 8.75. The summed E-state index contributed by atoms with van der Waals surface area (Å²) < 4.78 is 27.4. The van der Waals surface area contributed by atoms with E-state index in [1.54, 1.807) is 33.5 Å². The van der Waals surface area contributed by atoms with Crippen LogP contribution in [0.1, 0.15) is 50.5 Å². The van der Waals surface area contributed by atoms with Gasteiger partial charge in [-0.25, -0.2) is 13.2 Å². The van der Waals surface area contributed by atoms with Gasteiger partial charge in [0, 0.05) is 38.5 Å². The van der Waals surface area contributed by atoms with Crippen molar-refractivity contribution in [1.29, 1.82) is 0 Å². The normalized spacial score (nSPS) is 24.8. The molecule has 33 heavy (non-hydrogen) atoms. The van der Waals surface area contributed by atoms with Crippen molar-refractivity contribution < 1.29 is 22.8 Å². The predicted molar refractivity (Wildman–Crippen MR) is 122 cm³/mol. The van der Waals surface area contributed by atoms with Crippen molar-refractivity contribution in [2.24, 2.45) is 5.92 Å². The zero-order chi connectivity index (χ0) is 23.4. The number of aryl methyl sites for hydroxylation is 1. The molecule has 3 fully saturated rings. The van der Waals surface area contributed by atoms with Crippen LogP contribution in [0, 0.1) is 5.92 Å². The lowest BCUT2D eigenvalue weighted by Crippen LogP contribution is -2.48. The topological polar surface area (TPSA) is 116 Å². The molecule has 0 aliphatic carbocycles. The summed E-state index contributed by atoms with van der Waals surface area (Å²) in [4.78, 5) is 38.2. The van der Waals surface area contributed by atoms with E-state index < -0.39 is 22.1 Å². The molecule has 4 amide bonds. The van der Waals surface area contributed by atoms with Crippen LogP contribution in [0.3, 0.4) is 0 Å². The molecule has 0 radical (unpaired) electrons. The van der Waals surface area contributed by atoms with E-state index in [1.807, 2.05) is 0 Å². The van der Waals surface area contributed by atoms with Gasteiger partial charge in [-0.15, -0.1) is 0 Å². The molecule has 9 nitrogen and oxygen atoms in total. The summed E-state index contributed by atoms with van der Waals surface area (Å²) >= 11 is 0. The lowest BCUT2D eigenvalue weighted by molar-refractivity contribution is -0.134. The van der Waals surface area contributed by atoms with Crippen LogP contribution < -0.4 is 10.6 Å². The molecule has 4 rings (SSSR count). The highest BCUT2D eigenvalue weighted by atomic mass is 32.2. The van der Waals surface area contributed by atoms with Crippen molar-refractivity contribution in [3.8, 4) is 0 Å². The van der Waals surface area contributed by atoms with Crippen LogP contribution in [-0.4, -0.2) is 67.7 Å². The summed E-state index contributed by atoms with van der Waals surface area (Å²) in [5, 5.41) is 4.90. The van der Waals surface area contributed by atoms with Gasteiger partial charge >= 0.3 is 6.03 Å². The predicted octanol–water partition coefficient (Wildman–Crippen LogP) is 1.63. The fraction of sp³-hybridized carbons (Fsp3) is 0.609. The maximum atomic E-state index is 12.9. The number of imide groups is 1. The zero-order valence-electron chi connectivity index (χ0n) is 18.8. The second kappa shape index (κ2) is 10.2. The SMILES string of the molecule is O=C1NC(=O)[C@@H]([C@H]2CCCN(C(=O)CCc3ccc(S(=O)(=O)N4CCCCCC4)cc3)C2)N1. The summed E-state index contributed by atoms with van der Waals surface area (Å²) in [6, 6.07) is 5.79. The molecule has 0 unspecified atom stereocenters. The Kier molecular flexibility index (Phi) is 7.33. The fourth-order valence-corrected chi connectivity index (χ4v) is 6.46. The van der Waals surface area contributed by atoms with E-state index in [2.05, 4.69) is 10.6 Å². The number of nitrogens with zero attached hydrogens (tertiary/aromatic N) is 2. The third-order valence-electron chi connectivity index (χ3n) is 6.84. The number of rotatable bonds is 6. The van der Waals surface area contributed by atoms with Crippen LogP contribution in [0.2, 0.25) is 0 Å². The van der Waals surface area contributed by atoms with Gasteiger partial charge in [-0.1, -0.05) is 25.0 Å². The van der Waals surface area contributed by atoms with E-state index in [4.69, 9.17) is 0 Å². The maximum Gasteiger partial charge on any atom is 0.322 e. The molecule has 0 bridgehead atoms. The van der Waals surface area contributed by atoms with Crippen LogP contribution in [-0.2, 0) is 26.0 Å². The zero-order valence-corrected chi connectivity index (χ0v) is 19.6. The number of carbonyl (C=O) groups is 3. The molecule has 3 heterocycles. The molecule has 0 saturated carbocycles. The number of carbonyl (C=O) groups excluding carboxylic acids is 3. The third kappa shape index (κ3) is 5.55. The van der Waals surface area contributed by atoms with E-state index in [0.29, 0.717) is 43.9 Å². The largest absolute Gasteiger partial charge is 0.342 e. The first kappa shape index (κ1) is 23.7. The van der Waals surface area contributed by atoms with Gasteiger partial charge in [0.2, 0.25) is 15.9 Å². The Morgan fingerprint density at radius 1 is 0.970 bits per heavy atom. The Morgan fingerprint density at radius 3 is 2.30 bits per heavy atom. The summed E-state index contributed by atoms with van der Waals surface area (Å²) in [6.45, 7) is 2.23. The van der Waals surface area contributed by atoms with Gasteiger partial charge in [0.15, 0.2) is 0 Å². The molecule has 3 aliphatic heterocycles. The monoisotopic (exact) mass is 476 g/mol. The minimum absolute atomic E-state index is 0.00527. The molecule has 3 saturated heterocycles. The highest BCUT2D eigenvalue weighted by molar-refractivity contribution is 7.89. The molecule has 2 atom stereocenters. The second-order valence-electron chi connectivity index (χ2n) is 9.14. The molecule has 10 heteroatoms. The molecule has 1 aromatic carbocycles. The smallest absolute Gasteiger partial charge is 0.322 e. The molecule has 3 aliphatic rings. The number of benzene rings is 1. The van der Waals surface area contributed by atoms with Gasteiger partial charge in [0.1, 0.15) is 6.04 Å². The lowest BCUT2D eigenvalue weighted by Gasteiger charge is -2.34. The minimum atomic E-state index is -3.48. The standard InChI is InChI=1S/C23H32N4O5S/c28-20(26-13-5-6-18(16-26)21-22(29)25-23(30)24-21)12-9-17-7-10-19(11-8-17)33(31,32)27-14-3-1-2-4-15-27/h7-8,10-11,18,21H,1-6,9,12-16H2,(H2,24,25,29,30)/t18-,21+/m0/s1. The van der Waals surface area contributed by atoms with Gasteiger partial charge in [-0.05, 0) is 49.8 Å². The first-order valence-electron chi connectivity index (χ1n) is 11.8. The Morgan fingerprint density at radius 2 is 1.67 bits per heavy atom. The molecule has 0 aromatic heterocycles. The Bertz CT molecular complexity index is 987. The van der Waals surface area contributed by atoms with Gasteiger partial charge < -0.3 is 10.2 Å². The van der Waals surface area contributed by atoms with Crippen molar-refractivity contribution >= 4 is 27.9 Å². The average molecular weight is 477 g/mol. The van der Waals surface area contributed by atoms with Crippen LogP contribution in [0.4, 0.5) is 4.79 Å². The van der Waals surface area contributed by atoms with E-state index >= 15 is 0 Å². The van der Waals surface area contributed by atoms with Gasteiger partial charge in [-0.2, -0.15) is 4.31 Å². The summed E-state index contributed by atoms with van der Waals surface area (Å²) in [7, 11) is -3.48. The number of piperidine rings is 1. The van der Waals surface area contributed by atoms with Crippen LogP contribution >= 0.6 is 0 Å². The van der Waals surface area contributed by atoms with Crippen molar-refractivity contribution in [2.75, 3.05) is 26.2 Å². The Hall–Kier alpha value is -2.46. The Labute approximate surface area is 194 Å². The van der Waals surface area contributed by atoms with E-state index in [9.17, 15) is 22.8 Å². The lowest BCUT2D eigenvalue weighted by atomic mass is 9.90. The van der Waals surface area contributed by atoms with Gasteiger partial charge in [-0.3, -0.25) is 14.9 Å². The molecule has 1 aromatic rings. The molecular weight excluding hydrogens is 444 g/mol. The van der Waals surface area contributed by atoms with Crippen molar-refractivity contribution in [3.63, 3.8) is 0 Å². The first-order valence-corrected chi connectivity index (χ1v) is 13.3. The highest BCUT2D eigenvalue weighted by Crippen LogP contribution is 2.24. The van der Waals surface area contributed by atoms with Crippen LogP contribution in [0.5, 0.6) is 0 Å². The van der Waals surface area contributed by atoms with E-state index in [0.717, 1.165) is 44.1 Å². The molecule has 0 spiro atoms. The number of sulfonamides is 1. The first-order chi connectivity index (χ1) is 15.8. The van der Waals surface area contributed by atoms with Crippen LogP contribution in [0.25, 0.3) is 0 Å². The van der Waals surface area contributed by atoms with Crippen molar-refractivity contribution in [3.05, 3.63) is 29.8 Å². The second-order valence-corrected chi connectivity index (χ2v) is 11.1. The number of nitrogens with one attached hydrogen (secondary N) is 2. The number of likely N-dealkylation sites (tertiary alicyclic amines) is 1. The summed E-state index contributed by atoms with van der Waals surface area (Å²) in [6.07, 6.45) is 6.34. The minimum Gasteiger partial charge on any atom is -0.342 e. The van der Waals surface area contributed by atoms with Crippen molar-refractivity contribution in [2.45, 2.75) is 62.3 Å². The number of amides is 4. The Balaban J connectivity index is 1.31. The van der Waals surface area contributed by atoms with Crippen molar-refractivity contribution in [1.82, 2.24) is 19.8 Å². The van der Waals surface area contributed by atoms with E-state index in [1.165, 1.54) is 0 Å². The van der Waals surface area contributed by atoms with Crippen LogP contribution in [0.15, 0.2) is 29.2 Å². The van der Waals surface area contributed by atoms with Gasteiger partial charge in [0.05, 0.1) is 4.90 Å². The van der Waals surface area contributed by atoms with Gasteiger partial charge in [0.25, 0.3) is 5.91 Å². The summed E-state index contributed by atoms with van der Waals surface area (Å²) in [5.74, 6) is -0.405. The molecule has 180 valence electrons.